The van der Waals surface area contributed by atoms with Gasteiger partial charge in [0.2, 0.25) is 5.95 Å². The van der Waals surface area contributed by atoms with Gasteiger partial charge in [0.15, 0.2) is 0 Å². The maximum absolute atomic E-state index is 4.54. The van der Waals surface area contributed by atoms with E-state index in [1.54, 1.807) is 6.20 Å². The van der Waals surface area contributed by atoms with Crippen molar-refractivity contribution in [1.82, 2.24) is 19.3 Å². The summed E-state index contributed by atoms with van der Waals surface area (Å²) >= 11 is 0. The Morgan fingerprint density at radius 2 is 2.07 bits per heavy atom. The van der Waals surface area contributed by atoms with Crippen molar-refractivity contribution in [3.05, 3.63) is 29.8 Å². The molecule has 0 aliphatic heterocycles. The first-order valence-corrected chi connectivity index (χ1v) is 5.31. The summed E-state index contributed by atoms with van der Waals surface area (Å²) in [4.78, 5) is 4.31. The first-order chi connectivity index (χ1) is 7.26. The third-order valence-corrected chi connectivity index (χ3v) is 2.54. The van der Waals surface area contributed by atoms with E-state index in [1.165, 1.54) is 5.69 Å². The molecule has 0 bridgehead atoms. The summed E-state index contributed by atoms with van der Waals surface area (Å²) in [5.41, 5.74) is 2.33. The van der Waals surface area contributed by atoms with Crippen LogP contribution in [0.25, 0.3) is 5.95 Å². The Hall–Kier alpha value is -1.58. The molecule has 0 spiro atoms. The van der Waals surface area contributed by atoms with E-state index in [2.05, 4.69) is 30.0 Å². The predicted molar refractivity (Wildman–Crippen MR) is 59.1 cm³/mol. The van der Waals surface area contributed by atoms with Crippen LogP contribution in [-0.4, -0.2) is 19.3 Å². The number of aromatic nitrogens is 4. The molecule has 0 saturated carbocycles. The number of nitrogens with zero attached hydrogens (tertiary/aromatic N) is 4. The third kappa shape index (κ3) is 1.67. The zero-order valence-corrected chi connectivity index (χ0v) is 9.44. The minimum Gasteiger partial charge on any atom is -0.319 e. The quantitative estimate of drug-likeness (QED) is 0.763. The van der Waals surface area contributed by atoms with Gasteiger partial charge in [0.05, 0.1) is 5.69 Å². The molecular weight excluding hydrogens is 188 g/mol. The highest BCUT2D eigenvalue weighted by Crippen LogP contribution is 2.11. The van der Waals surface area contributed by atoms with Crippen molar-refractivity contribution in [2.75, 3.05) is 0 Å². The van der Waals surface area contributed by atoms with Crippen molar-refractivity contribution in [3.8, 4) is 5.95 Å². The minimum atomic E-state index is 0.881. The summed E-state index contributed by atoms with van der Waals surface area (Å²) in [5, 5.41) is 4.54. The lowest BCUT2D eigenvalue weighted by Gasteiger charge is -2.04. The summed E-state index contributed by atoms with van der Waals surface area (Å²) in [6.07, 6.45) is 5.66. The van der Waals surface area contributed by atoms with Gasteiger partial charge in [-0.3, -0.25) is 0 Å². The molecule has 2 rings (SSSR count). The van der Waals surface area contributed by atoms with Crippen LogP contribution in [0.4, 0.5) is 0 Å². The molecule has 80 valence electrons. The highest BCUT2D eigenvalue weighted by Gasteiger charge is 2.10. The van der Waals surface area contributed by atoms with Gasteiger partial charge in [0.1, 0.15) is 0 Å². The monoisotopic (exact) mass is 204 g/mol. The van der Waals surface area contributed by atoms with E-state index in [0.29, 0.717) is 0 Å². The molecule has 0 N–H and O–H groups in total. The van der Waals surface area contributed by atoms with Crippen LogP contribution in [0.2, 0.25) is 0 Å². The SMILES string of the molecule is CCc1cc(CC)n(-c2nccn2C)n1. The fraction of sp³-hybridized carbons (Fsp3) is 0.455. The van der Waals surface area contributed by atoms with Crippen LogP contribution in [0.5, 0.6) is 0 Å². The summed E-state index contributed by atoms with van der Waals surface area (Å²) in [6.45, 7) is 4.25. The fourth-order valence-corrected chi connectivity index (χ4v) is 1.63. The molecule has 0 amide bonds. The summed E-state index contributed by atoms with van der Waals surface area (Å²) in [5.74, 6) is 0.881. The van der Waals surface area contributed by atoms with Crippen molar-refractivity contribution in [3.63, 3.8) is 0 Å². The van der Waals surface area contributed by atoms with Gasteiger partial charge in [-0.25, -0.2) is 9.67 Å². The van der Waals surface area contributed by atoms with E-state index >= 15 is 0 Å². The van der Waals surface area contributed by atoms with Crippen molar-refractivity contribution in [1.29, 1.82) is 0 Å². The first-order valence-electron chi connectivity index (χ1n) is 5.31. The van der Waals surface area contributed by atoms with Crippen molar-refractivity contribution in [2.45, 2.75) is 26.7 Å². The zero-order valence-electron chi connectivity index (χ0n) is 9.44. The molecule has 0 aromatic carbocycles. The highest BCUT2D eigenvalue weighted by atomic mass is 15.4. The van der Waals surface area contributed by atoms with Gasteiger partial charge in [-0.2, -0.15) is 5.10 Å². The highest BCUT2D eigenvalue weighted by molar-refractivity contribution is 5.21. The Labute approximate surface area is 89.6 Å². The Balaban J connectivity index is 2.51. The maximum atomic E-state index is 4.54. The normalized spacial score (nSPS) is 10.9. The van der Waals surface area contributed by atoms with E-state index < -0.39 is 0 Å². The summed E-state index contributed by atoms with van der Waals surface area (Å²) in [6, 6.07) is 2.15. The standard InChI is InChI=1S/C11H16N4/c1-4-9-8-10(5-2)15(13-9)11-12-6-7-14(11)3/h6-8H,4-5H2,1-3H3. The van der Waals surface area contributed by atoms with E-state index in [0.717, 1.165) is 24.5 Å². The smallest absolute Gasteiger partial charge is 0.230 e. The molecule has 0 radical (unpaired) electrons. The van der Waals surface area contributed by atoms with E-state index in [1.807, 2.05) is 22.5 Å². The molecule has 2 aromatic heterocycles. The molecule has 15 heavy (non-hydrogen) atoms. The Morgan fingerprint density at radius 1 is 1.27 bits per heavy atom. The minimum absolute atomic E-state index is 0.881. The second kappa shape index (κ2) is 3.88. The Kier molecular flexibility index (Phi) is 2.58. The summed E-state index contributed by atoms with van der Waals surface area (Å²) < 4.78 is 3.91. The van der Waals surface area contributed by atoms with Crippen molar-refractivity contribution in [2.24, 2.45) is 7.05 Å². The van der Waals surface area contributed by atoms with Crippen LogP contribution in [0.3, 0.4) is 0 Å². The second-order valence-electron chi connectivity index (χ2n) is 3.58. The summed E-state index contributed by atoms with van der Waals surface area (Å²) in [7, 11) is 1.98. The van der Waals surface area contributed by atoms with Crippen LogP contribution >= 0.6 is 0 Å². The number of aryl methyl sites for hydroxylation is 3. The fourth-order valence-electron chi connectivity index (χ4n) is 1.63. The molecule has 0 aliphatic carbocycles. The molecule has 0 fully saturated rings. The lowest BCUT2D eigenvalue weighted by Crippen LogP contribution is -2.07. The molecule has 0 atom stereocenters. The number of hydrogen-bond donors (Lipinski definition) is 0. The second-order valence-corrected chi connectivity index (χ2v) is 3.58. The topological polar surface area (TPSA) is 35.6 Å². The predicted octanol–water partition coefficient (Wildman–Crippen LogP) is 1.73. The molecule has 0 aliphatic rings. The molecule has 4 nitrogen and oxygen atoms in total. The van der Waals surface area contributed by atoms with Crippen molar-refractivity contribution >= 4 is 0 Å². The van der Waals surface area contributed by atoms with E-state index in [4.69, 9.17) is 0 Å². The van der Waals surface area contributed by atoms with Gasteiger partial charge in [-0.05, 0) is 18.9 Å². The molecule has 0 unspecified atom stereocenters. The average Bonchev–Trinajstić information content (AvgIpc) is 2.82. The molecule has 4 heteroatoms. The number of imidazole rings is 1. The van der Waals surface area contributed by atoms with Crippen LogP contribution in [-0.2, 0) is 19.9 Å². The van der Waals surface area contributed by atoms with Crippen LogP contribution < -0.4 is 0 Å². The van der Waals surface area contributed by atoms with Crippen LogP contribution in [0.1, 0.15) is 25.2 Å². The van der Waals surface area contributed by atoms with Gasteiger partial charge >= 0.3 is 0 Å². The molecule has 2 heterocycles. The van der Waals surface area contributed by atoms with Gasteiger partial charge < -0.3 is 4.57 Å². The Bertz CT molecular complexity index is 453. The number of rotatable bonds is 3. The van der Waals surface area contributed by atoms with Crippen molar-refractivity contribution < 1.29 is 0 Å². The molecule has 0 saturated heterocycles. The van der Waals surface area contributed by atoms with E-state index in [-0.39, 0.29) is 0 Å². The van der Waals surface area contributed by atoms with Gasteiger partial charge in [0, 0.05) is 25.1 Å². The maximum Gasteiger partial charge on any atom is 0.230 e. The van der Waals surface area contributed by atoms with Crippen LogP contribution in [0.15, 0.2) is 18.5 Å². The molecular formula is C11H16N4. The van der Waals surface area contributed by atoms with Gasteiger partial charge in [-0.15, -0.1) is 0 Å². The Morgan fingerprint density at radius 3 is 2.60 bits per heavy atom. The van der Waals surface area contributed by atoms with Crippen LogP contribution in [0, 0.1) is 0 Å². The number of hydrogen-bond acceptors (Lipinski definition) is 2. The average molecular weight is 204 g/mol. The third-order valence-electron chi connectivity index (χ3n) is 2.54. The van der Waals surface area contributed by atoms with E-state index in [9.17, 15) is 0 Å². The molecule has 2 aromatic rings. The lowest BCUT2D eigenvalue weighted by molar-refractivity contribution is 0.708. The van der Waals surface area contributed by atoms with Gasteiger partial charge in [-0.1, -0.05) is 13.8 Å². The zero-order chi connectivity index (χ0) is 10.8. The van der Waals surface area contributed by atoms with Gasteiger partial charge in [0.25, 0.3) is 0 Å². The first kappa shape index (κ1) is 9.96. The lowest BCUT2D eigenvalue weighted by atomic mass is 10.3. The largest absolute Gasteiger partial charge is 0.319 e.